The Bertz CT molecular complexity index is 1630. The Hall–Kier alpha value is -2.67. The Morgan fingerprint density at radius 3 is 0.712 bits per heavy atom. The van der Waals surface area contributed by atoms with Gasteiger partial charge in [0.1, 0.15) is 0 Å². The molecule has 0 spiro atoms. The zero-order chi connectivity index (χ0) is 41.8. The Morgan fingerprint density at radius 1 is 0.322 bits per heavy atom. The van der Waals surface area contributed by atoms with Gasteiger partial charge in [-0.2, -0.15) is 0 Å². The van der Waals surface area contributed by atoms with Crippen LogP contribution in [-0.2, 0) is 45.8 Å². The van der Waals surface area contributed by atoms with Gasteiger partial charge in [-0.05, 0) is 113 Å². The van der Waals surface area contributed by atoms with Crippen molar-refractivity contribution >= 4 is 22.6 Å². The predicted octanol–water partition coefficient (Wildman–Crippen LogP) is 9.14. The molecule has 1 fully saturated rings. The zero-order valence-corrected chi connectivity index (χ0v) is 39.8. The van der Waals surface area contributed by atoms with Gasteiger partial charge in [0.05, 0.1) is 0 Å². The van der Waals surface area contributed by atoms with E-state index in [0.29, 0.717) is 0 Å². The van der Waals surface area contributed by atoms with Crippen LogP contribution in [0.3, 0.4) is 0 Å². The van der Waals surface area contributed by atoms with Crippen molar-refractivity contribution in [3.63, 3.8) is 0 Å². The molecule has 0 amide bonds. The molecule has 0 radical (unpaired) electrons. The van der Waals surface area contributed by atoms with E-state index < -0.39 is 0 Å². The van der Waals surface area contributed by atoms with Crippen molar-refractivity contribution in [2.45, 2.75) is 87.4 Å². The highest BCUT2D eigenvalue weighted by Crippen LogP contribution is 2.17. The Balaban J connectivity index is 1.36. The number of hydrogen-bond acceptors (Lipinski definition) is 7. The zero-order valence-electron chi connectivity index (χ0n) is 37.6. The Labute approximate surface area is 373 Å². The van der Waals surface area contributed by atoms with E-state index in [1.165, 1.54) is 42.5 Å². The first-order valence-electron chi connectivity index (χ1n) is 22.8. The van der Waals surface area contributed by atoms with Crippen LogP contribution in [0.25, 0.3) is 0 Å². The van der Waals surface area contributed by atoms with E-state index in [1.807, 2.05) is 0 Å². The Morgan fingerprint density at radius 2 is 0.508 bits per heavy atom. The summed E-state index contributed by atoms with van der Waals surface area (Å²) in [5, 5.41) is 0. The fraction of sp³-hybridized carbons (Fsp3) is 0.529. The minimum absolute atomic E-state index is 0.978. The SMILES string of the molecule is CCN(CC)Cc1ccc(CN2CCN(Cc3ccc(I)cc3)CCN(Cc3ccc(CN(CC)CC)cc3)CCN(Cc3ccc(CN(CC)CC)cc3)CC2)cc1. The molecule has 1 aliphatic rings. The highest BCUT2D eigenvalue weighted by atomic mass is 127. The largest absolute Gasteiger partial charge is 0.300 e. The summed E-state index contributed by atoms with van der Waals surface area (Å²) in [4.78, 5) is 18.4. The lowest BCUT2D eigenvalue weighted by atomic mass is 10.1. The lowest BCUT2D eigenvalue weighted by Gasteiger charge is -2.34. The van der Waals surface area contributed by atoms with E-state index in [9.17, 15) is 0 Å². The maximum Gasteiger partial charge on any atom is 0.0234 e. The van der Waals surface area contributed by atoms with E-state index in [4.69, 9.17) is 0 Å². The van der Waals surface area contributed by atoms with Gasteiger partial charge in [-0.1, -0.05) is 126 Å². The molecule has 0 aromatic heterocycles. The van der Waals surface area contributed by atoms with Crippen LogP contribution in [0.1, 0.15) is 80.5 Å². The molecule has 0 saturated carbocycles. The van der Waals surface area contributed by atoms with Gasteiger partial charge >= 0.3 is 0 Å². The number of rotatable bonds is 20. The maximum absolute atomic E-state index is 2.73. The molecular weight excluding hydrogens is 838 g/mol. The number of hydrogen-bond donors (Lipinski definition) is 0. The second-order valence-electron chi connectivity index (χ2n) is 16.6. The molecule has 1 saturated heterocycles. The first kappa shape index (κ1) is 47.4. The first-order chi connectivity index (χ1) is 28.8. The fourth-order valence-corrected chi connectivity index (χ4v) is 8.56. The number of benzene rings is 4. The van der Waals surface area contributed by atoms with E-state index >= 15 is 0 Å². The van der Waals surface area contributed by atoms with Crippen molar-refractivity contribution in [2.24, 2.45) is 0 Å². The van der Waals surface area contributed by atoms with Crippen molar-refractivity contribution in [2.75, 3.05) is 91.6 Å². The van der Waals surface area contributed by atoms with E-state index in [0.717, 1.165) is 137 Å². The monoisotopic (exact) mass is 914 g/mol. The summed E-state index contributed by atoms with van der Waals surface area (Å²) < 4.78 is 1.30. The molecule has 0 aliphatic carbocycles. The smallest absolute Gasteiger partial charge is 0.0234 e. The number of halogens is 1. The second kappa shape index (κ2) is 26.0. The van der Waals surface area contributed by atoms with Crippen molar-refractivity contribution in [3.05, 3.63) is 140 Å². The van der Waals surface area contributed by atoms with Gasteiger partial charge in [0, 0.05) is 102 Å². The maximum atomic E-state index is 2.73. The van der Waals surface area contributed by atoms with Crippen LogP contribution in [0.15, 0.2) is 97.1 Å². The van der Waals surface area contributed by atoms with Crippen LogP contribution in [0.5, 0.6) is 0 Å². The van der Waals surface area contributed by atoms with Crippen molar-refractivity contribution in [1.29, 1.82) is 0 Å². The topological polar surface area (TPSA) is 22.7 Å². The van der Waals surface area contributed by atoms with Gasteiger partial charge < -0.3 is 0 Å². The molecule has 1 aliphatic heterocycles. The minimum Gasteiger partial charge on any atom is -0.300 e. The summed E-state index contributed by atoms with van der Waals surface area (Å²) in [5.74, 6) is 0. The molecule has 0 unspecified atom stereocenters. The van der Waals surface area contributed by atoms with Crippen LogP contribution < -0.4 is 0 Å². The second-order valence-corrected chi connectivity index (χ2v) is 17.8. The van der Waals surface area contributed by atoms with Crippen LogP contribution in [-0.4, -0.2) is 126 Å². The molecule has 59 heavy (non-hydrogen) atoms. The number of nitrogens with zero attached hydrogens (tertiary/aromatic N) is 7. The summed E-state index contributed by atoms with van der Waals surface area (Å²) in [7, 11) is 0. The van der Waals surface area contributed by atoms with Crippen molar-refractivity contribution in [1.82, 2.24) is 34.3 Å². The van der Waals surface area contributed by atoms with Gasteiger partial charge in [0.15, 0.2) is 0 Å². The van der Waals surface area contributed by atoms with Gasteiger partial charge in [-0.25, -0.2) is 0 Å². The highest BCUT2D eigenvalue weighted by Gasteiger charge is 2.19. The van der Waals surface area contributed by atoms with E-state index in [-0.39, 0.29) is 0 Å². The van der Waals surface area contributed by atoms with Gasteiger partial charge in [0.25, 0.3) is 0 Å². The standard InChI is InChI=1S/C51H76IN7/c1-7-53(8-2)37-44-13-19-47(20-14-44)40-56-29-31-57(41-48-21-15-45(16-22-48)38-54(9-3)10-4)33-35-59(43-50-25-27-51(52)28-26-50)36-34-58(32-30-56)42-49-23-17-46(18-24-49)39-55(11-5)12-6/h13-28H,7-12,29-43H2,1-6H3. The van der Waals surface area contributed by atoms with Crippen LogP contribution in [0.4, 0.5) is 0 Å². The minimum atomic E-state index is 0.978. The van der Waals surface area contributed by atoms with Gasteiger partial charge in [0.2, 0.25) is 0 Å². The molecule has 4 aromatic rings. The summed E-state index contributed by atoms with van der Waals surface area (Å²) in [6, 6.07) is 37.6. The third kappa shape index (κ3) is 16.6. The highest BCUT2D eigenvalue weighted by molar-refractivity contribution is 14.1. The van der Waals surface area contributed by atoms with Crippen molar-refractivity contribution in [3.8, 4) is 0 Å². The summed E-state index contributed by atoms with van der Waals surface area (Å²) in [5.41, 5.74) is 9.86. The predicted molar refractivity (Wildman–Crippen MR) is 259 cm³/mol. The first-order valence-corrected chi connectivity index (χ1v) is 23.9. The average Bonchev–Trinajstić information content (AvgIpc) is 3.26. The van der Waals surface area contributed by atoms with Crippen molar-refractivity contribution < 1.29 is 0 Å². The van der Waals surface area contributed by atoms with Crippen LogP contribution in [0.2, 0.25) is 0 Å². The van der Waals surface area contributed by atoms with E-state index in [2.05, 4.69) is 195 Å². The average molecular weight is 914 g/mol. The van der Waals surface area contributed by atoms with Crippen LogP contribution >= 0.6 is 22.6 Å². The van der Waals surface area contributed by atoms with Gasteiger partial charge in [-0.3, -0.25) is 34.3 Å². The summed E-state index contributed by atoms with van der Waals surface area (Å²) >= 11 is 2.42. The van der Waals surface area contributed by atoms with Crippen LogP contribution in [0, 0.1) is 3.57 Å². The summed E-state index contributed by atoms with van der Waals surface area (Å²) in [6.07, 6.45) is 0. The molecular formula is C51H76IN7. The molecule has 0 atom stereocenters. The molecule has 5 rings (SSSR count). The van der Waals surface area contributed by atoms with Gasteiger partial charge in [-0.15, -0.1) is 0 Å². The lowest BCUT2D eigenvalue weighted by Crippen LogP contribution is -2.45. The third-order valence-corrected chi connectivity index (χ3v) is 13.2. The molecule has 8 heteroatoms. The molecule has 0 bridgehead atoms. The normalized spacial score (nSPS) is 15.9. The third-order valence-electron chi connectivity index (χ3n) is 12.4. The summed E-state index contributed by atoms with van der Waals surface area (Å²) in [6.45, 7) is 35.4. The molecule has 1 heterocycles. The lowest BCUT2D eigenvalue weighted by molar-refractivity contribution is 0.122. The quantitative estimate of drug-likeness (QED) is 0.0816. The molecule has 4 aromatic carbocycles. The molecule has 322 valence electrons. The van der Waals surface area contributed by atoms with E-state index in [1.54, 1.807) is 0 Å². The molecule has 7 nitrogen and oxygen atoms in total. The Kier molecular flexibility index (Phi) is 20.8. The fourth-order valence-electron chi connectivity index (χ4n) is 8.20. The molecule has 0 N–H and O–H groups in total.